The van der Waals surface area contributed by atoms with Crippen LogP contribution in [0, 0.1) is 30.9 Å². The Bertz CT molecular complexity index is 836. The SMILES string of the molecule is Cc1cc(C)c(NC(=O)CN=Cc2cc([N+](=O)[O-])ccc2O)c(C)c1. The number of aryl methyl sites for hydroxylation is 3. The zero-order chi connectivity index (χ0) is 18.6. The summed E-state index contributed by atoms with van der Waals surface area (Å²) in [5.41, 5.74) is 3.83. The minimum atomic E-state index is -0.563. The van der Waals surface area contributed by atoms with E-state index in [-0.39, 0.29) is 29.5 Å². The number of phenols is 1. The van der Waals surface area contributed by atoms with Crippen molar-refractivity contribution in [3.05, 3.63) is 62.7 Å². The van der Waals surface area contributed by atoms with Crippen molar-refractivity contribution in [3.63, 3.8) is 0 Å². The molecule has 1 amide bonds. The summed E-state index contributed by atoms with van der Waals surface area (Å²) < 4.78 is 0. The summed E-state index contributed by atoms with van der Waals surface area (Å²) in [5, 5.41) is 23.3. The lowest BCUT2D eigenvalue weighted by atomic mass is 10.1. The molecule has 2 aromatic rings. The number of carbonyl (C=O) groups is 1. The fourth-order valence-electron chi connectivity index (χ4n) is 2.54. The molecule has 2 rings (SSSR count). The number of anilines is 1. The van der Waals surface area contributed by atoms with E-state index in [0.29, 0.717) is 0 Å². The maximum atomic E-state index is 12.1. The molecule has 0 aliphatic rings. The first-order valence-electron chi connectivity index (χ1n) is 7.63. The first-order valence-corrected chi connectivity index (χ1v) is 7.63. The van der Waals surface area contributed by atoms with Crippen molar-refractivity contribution in [2.45, 2.75) is 20.8 Å². The van der Waals surface area contributed by atoms with E-state index in [1.54, 1.807) is 0 Å². The Balaban J connectivity index is 2.07. The van der Waals surface area contributed by atoms with Gasteiger partial charge in [-0.15, -0.1) is 0 Å². The Morgan fingerprint density at radius 1 is 1.24 bits per heavy atom. The highest BCUT2D eigenvalue weighted by atomic mass is 16.6. The summed E-state index contributed by atoms with van der Waals surface area (Å²) in [4.78, 5) is 26.2. The second-order valence-electron chi connectivity index (χ2n) is 5.79. The van der Waals surface area contributed by atoms with Crippen molar-refractivity contribution in [3.8, 4) is 5.75 Å². The van der Waals surface area contributed by atoms with E-state index >= 15 is 0 Å². The molecule has 0 fully saturated rings. The van der Waals surface area contributed by atoms with E-state index in [9.17, 15) is 20.0 Å². The number of nitrogens with zero attached hydrogens (tertiary/aromatic N) is 2. The van der Waals surface area contributed by atoms with Crippen molar-refractivity contribution in [1.82, 2.24) is 0 Å². The molecule has 0 saturated heterocycles. The number of hydrogen-bond acceptors (Lipinski definition) is 5. The fourth-order valence-corrected chi connectivity index (χ4v) is 2.54. The molecule has 0 aliphatic carbocycles. The van der Waals surface area contributed by atoms with Crippen molar-refractivity contribution >= 4 is 23.5 Å². The lowest BCUT2D eigenvalue weighted by Gasteiger charge is -2.12. The molecular weight excluding hydrogens is 322 g/mol. The van der Waals surface area contributed by atoms with Gasteiger partial charge in [0.25, 0.3) is 5.69 Å². The van der Waals surface area contributed by atoms with Crippen molar-refractivity contribution in [1.29, 1.82) is 0 Å². The number of nitro groups is 1. The third-order valence-corrected chi connectivity index (χ3v) is 3.63. The Morgan fingerprint density at radius 3 is 2.48 bits per heavy atom. The largest absolute Gasteiger partial charge is 0.507 e. The molecule has 25 heavy (non-hydrogen) atoms. The highest BCUT2D eigenvalue weighted by Gasteiger charge is 2.10. The van der Waals surface area contributed by atoms with Gasteiger partial charge in [-0.2, -0.15) is 0 Å². The minimum Gasteiger partial charge on any atom is -0.507 e. The van der Waals surface area contributed by atoms with Gasteiger partial charge in [-0.25, -0.2) is 0 Å². The van der Waals surface area contributed by atoms with Crippen LogP contribution < -0.4 is 5.32 Å². The van der Waals surface area contributed by atoms with Crippen LogP contribution in [0.15, 0.2) is 35.3 Å². The van der Waals surface area contributed by atoms with Gasteiger partial charge in [-0.1, -0.05) is 17.7 Å². The average Bonchev–Trinajstić information content (AvgIpc) is 2.52. The van der Waals surface area contributed by atoms with Crippen molar-refractivity contribution in [2.24, 2.45) is 4.99 Å². The number of nitrogens with one attached hydrogen (secondary N) is 1. The summed E-state index contributed by atoms with van der Waals surface area (Å²) in [6.07, 6.45) is 1.25. The summed E-state index contributed by atoms with van der Waals surface area (Å²) in [5.74, 6) is -0.448. The number of non-ortho nitro benzene ring substituents is 1. The number of rotatable bonds is 5. The Hall–Kier alpha value is -3.22. The number of phenolic OH excluding ortho intramolecular Hbond substituents is 1. The number of carbonyl (C=O) groups excluding carboxylic acids is 1. The maximum absolute atomic E-state index is 12.1. The molecule has 0 saturated carbocycles. The van der Waals surface area contributed by atoms with E-state index in [1.165, 1.54) is 24.4 Å². The van der Waals surface area contributed by atoms with Gasteiger partial charge in [0.2, 0.25) is 5.91 Å². The van der Waals surface area contributed by atoms with Crippen LogP contribution in [0.2, 0.25) is 0 Å². The number of hydrogen-bond donors (Lipinski definition) is 2. The van der Waals surface area contributed by atoms with E-state index in [4.69, 9.17) is 0 Å². The van der Waals surface area contributed by atoms with Crippen molar-refractivity contribution in [2.75, 3.05) is 11.9 Å². The zero-order valence-corrected chi connectivity index (χ0v) is 14.2. The van der Waals surface area contributed by atoms with Gasteiger partial charge >= 0.3 is 0 Å². The first-order chi connectivity index (χ1) is 11.8. The van der Waals surface area contributed by atoms with E-state index in [1.807, 2.05) is 32.9 Å². The lowest BCUT2D eigenvalue weighted by Crippen LogP contribution is -2.16. The van der Waals surface area contributed by atoms with Crippen LogP contribution >= 0.6 is 0 Å². The second kappa shape index (κ2) is 7.57. The number of aromatic hydroxyl groups is 1. The molecule has 0 aliphatic heterocycles. The van der Waals surface area contributed by atoms with Crippen LogP contribution in [0.25, 0.3) is 0 Å². The molecule has 2 N–H and O–H groups in total. The van der Waals surface area contributed by atoms with Gasteiger partial charge in [-0.05, 0) is 38.0 Å². The zero-order valence-electron chi connectivity index (χ0n) is 14.2. The van der Waals surface area contributed by atoms with E-state index in [2.05, 4.69) is 10.3 Å². The highest BCUT2D eigenvalue weighted by molar-refractivity contribution is 5.95. The molecule has 0 atom stereocenters. The Morgan fingerprint density at radius 2 is 1.88 bits per heavy atom. The molecule has 0 radical (unpaired) electrons. The quantitative estimate of drug-likeness (QED) is 0.494. The molecule has 2 aromatic carbocycles. The predicted molar refractivity (Wildman–Crippen MR) is 96.5 cm³/mol. The van der Waals surface area contributed by atoms with E-state index < -0.39 is 4.92 Å². The standard InChI is InChI=1S/C18H19N3O4/c1-11-6-12(2)18(13(3)7-11)20-17(23)10-19-9-14-8-15(21(24)25)4-5-16(14)22/h4-9,22H,10H2,1-3H3,(H,20,23). The van der Waals surface area contributed by atoms with Gasteiger partial charge in [0.1, 0.15) is 12.3 Å². The summed E-state index contributed by atoms with van der Waals surface area (Å²) in [7, 11) is 0. The number of aliphatic imine (C=N–C) groups is 1. The molecule has 130 valence electrons. The first kappa shape index (κ1) is 18.1. The van der Waals surface area contributed by atoms with Gasteiger partial charge in [0, 0.05) is 29.6 Å². The van der Waals surface area contributed by atoms with Crippen LogP contribution in [-0.2, 0) is 4.79 Å². The lowest BCUT2D eigenvalue weighted by molar-refractivity contribution is -0.384. The van der Waals surface area contributed by atoms with Gasteiger partial charge < -0.3 is 10.4 Å². The topological polar surface area (TPSA) is 105 Å². The summed E-state index contributed by atoms with van der Waals surface area (Å²) in [6.45, 7) is 5.66. The van der Waals surface area contributed by atoms with Crippen LogP contribution in [0.1, 0.15) is 22.3 Å². The van der Waals surface area contributed by atoms with Crippen LogP contribution in [0.3, 0.4) is 0 Å². The van der Waals surface area contributed by atoms with Crippen LogP contribution in [0.4, 0.5) is 11.4 Å². The van der Waals surface area contributed by atoms with Crippen LogP contribution in [0.5, 0.6) is 5.75 Å². The molecule has 0 bridgehead atoms. The maximum Gasteiger partial charge on any atom is 0.270 e. The number of amides is 1. The third kappa shape index (κ3) is 4.63. The molecule has 7 heteroatoms. The molecule has 0 spiro atoms. The van der Waals surface area contributed by atoms with Crippen molar-refractivity contribution < 1.29 is 14.8 Å². The van der Waals surface area contributed by atoms with Gasteiger partial charge in [0.15, 0.2) is 0 Å². The minimum absolute atomic E-state index is 0.139. The second-order valence-corrected chi connectivity index (χ2v) is 5.79. The van der Waals surface area contributed by atoms with E-state index in [0.717, 1.165) is 22.4 Å². The Labute approximate surface area is 145 Å². The normalized spacial score (nSPS) is 10.8. The third-order valence-electron chi connectivity index (χ3n) is 3.63. The van der Waals surface area contributed by atoms with Crippen LogP contribution in [-0.4, -0.2) is 28.7 Å². The number of benzene rings is 2. The average molecular weight is 341 g/mol. The Kier molecular flexibility index (Phi) is 5.49. The molecule has 7 nitrogen and oxygen atoms in total. The smallest absolute Gasteiger partial charge is 0.270 e. The molecule has 0 heterocycles. The monoisotopic (exact) mass is 341 g/mol. The highest BCUT2D eigenvalue weighted by Crippen LogP contribution is 2.22. The summed E-state index contributed by atoms with van der Waals surface area (Å²) >= 11 is 0. The molecular formula is C18H19N3O4. The summed E-state index contributed by atoms with van der Waals surface area (Å²) in [6, 6.07) is 7.58. The number of nitro benzene ring substituents is 1. The predicted octanol–water partition coefficient (Wildman–Crippen LogP) is 3.28. The van der Waals surface area contributed by atoms with Gasteiger partial charge in [0.05, 0.1) is 4.92 Å². The molecule has 0 unspecified atom stereocenters. The van der Waals surface area contributed by atoms with Gasteiger partial charge in [-0.3, -0.25) is 19.9 Å². The fraction of sp³-hybridized carbons (Fsp3) is 0.222. The molecule has 0 aromatic heterocycles.